The second-order valence-electron chi connectivity index (χ2n) is 6.63. The van der Waals surface area contributed by atoms with E-state index < -0.39 is 6.03 Å². The number of hydrogen-bond acceptors (Lipinski definition) is 5. The van der Waals surface area contributed by atoms with E-state index in [0.717, 1.165) is 11.1 Å². The molecule has 0 saturated heterocycles. The number of anilines is 2. The Hall–Kier alpha value is -4.08. The van der Waals surface area contributed by atoms with Crippen molar-refractivity contribution in [2.24, 2.45) is 0 Å². The van der Waals surface area contributed by atoms with Crippen LogP contribution in [0.25, 0.3) is 22.6 Å². The quantitative estimate of drug-likeness (QED) is 0.466. The number of amides is 2. The minimum atomic E-state index is -0.481. The van der Waals surface area contributed by atoms with Crippen LogP contribution in [0.15, 0.2) is 48.5 Å². The predicted molar refractivity (Wildman–Crippen MR) is 110 cm³/mol. The SMILES string of the molecule is CCn1nnnc1-c1cccc(NC(=O)Nc2cc(-c3cc(C)ccc3F)[nH]n2)c1. The van der Waals surface area contributed by atoms with Gasteiger partial charge in [0.25, 0.3) is 0 Å². The molecule has 30 heavy (non-hydrogen) atoms. The zero-order chi connectivity index (χ0) is 21.1. The first-order valence-corrected chi connectivity index (χ1v) is 9.30. The Morgan fingerprint density at radius 1 is 1.17 bits per heavy atom. The van der Waals surface area contributed by atoms with Crippen molar-refractivity contribution in [3.8, 4) is 22.6 Å². The predicted octanol–water partition coefficient (Wildman–Crippen LogP) is 3.84. The number of benzene rings is 2. The highest BCUT2D eigenvalue weighted by molar-refractivity contribution is 5.99. The van der Waals surface area contributed by atoms with E-state index in [1.807, 2.05) is 19.9 Å². The molecule has 0 bridgehead atoms. The van der Waals surface area contributed by atoms with Gasteiger partial charge in [-0.05, 0) is 48.5 Å². The molecule has 0 spiro atoms. The third-order valence-corrected chi connectivity index (χ3v) is 4.44. The minimum Gasteiger partial charge on any atom is -0.308 e. The van der Waals surface area contributed by atoms with Gasteiger partial charge in [-0.2, -0.15) is 5.10 Å². The first-order valence-electron chi connectivity index (χ1n) is 9.30. The Morgan fingerprint density at radius 2 is 2.03 bits per heavy atom. The number of hydrogen-bond donors (Lipinski definition) is 3. The molecule has 4 aromatic rings. The standard InChI is InChI=1S/C20H19FN8O/c1-3-29-19(26-27-28-29)13-5-4-6-14(10-13)22-20(30)23-18-11-17(24-25-18)15-9-12(2)7-8-16(15)21/h4-11H,3H2,1-2H3,(H3,22,23,24,25,30). The Morgan fingerprint density at radius 3 is 2.87 bits per heavy atom. The lowest BCUT2D eigenvalue weighted by molar-refractivity contribution is 0.262. The third-order valence-electron chi connectivity index (χ3n) is 4.44. The van der Waals surface area contributed by atoms with Gasteiger partial charge in [0.2, 0.25) is 0 Å². The van der Waals surface area contributed by atoms with Crippen LogP contribution in [0, 0.1) is 12.7 Å². The van der Waals surface area contributed by atoms with Crippen LogP contribution in [0.2, 0.25) is 0 Å². The fourth-order valence-corrected chi connectivity index (χ4v) is 3.01. The second-order valence-corrected chi connectivity index (χ2v) is 6.63. The van der Waals surface area contributed by atoms with Crippen molar-refractivity contribution in [2.45, 2.75) is 20.4 Å². The summed E-state index contributed by atoms with van der Waals surface area (Å²) in [5.74, 6) is 0.514. The van der Waals surface area contributed by atoms with Gasteiger partial charge in [0, 0.05) is 29.4 Å². The topological polar surface area (TPSA) is 113 Å². The average molecular weight is 406 g/mol. The van der Waals surface area contributed by atoms with E-state index in [0.29, 0.717) is 29.3 Å². The molecule has 2 aromatic heterocycles. The molecule has 2 aromatic carbocycles. The summed E-state index contributed by atoms with van der Waals surface area (Å²) in [7, 11) is 0. The molecule has 2 amide bonds. The Kier molecular flexibility index (Phi) is 5.21. The number of H-pyrrole nitrogens is 1. The smallest absolute Gasteiger partial charge is 0.308 e. The van der Waals surface area contributed by atoms with Crippen LogP contribution in [0.4, 0.5) is 20.7 Å². The number of urea groups is 1. The summed E-state index contributed by atoms with van der Waals surface area (Å²) in [6.07, 6.45) is 0. The van der Waals surface area contributed by atoms with Gasteiger partial charge in [-0.3, -0.25) is 10.4 Å². The Bertz CT molecular complexity index is 1200. The summed E-state index contributed by atoms with van der Waals surface area (Å²) < 4.78 is 15.7. The molecule has 0 atom stereocenters. The number of halogens is 1. The largest absolute Gasteiger partial charge is 0.324 e. The highest BCUT2D eigenvalue weighted by Gasteiger charge is 2.12. The molecule has 10 heteroatoms. The molecular weight excluding hydrogens is 387 g/mol. The van der Waals surface area contributed by atoms with E-state index in [1.165, 1.54) is 6.07 Å². The van der Waals surface area contributed by atoms with E-state index in [4.69, 9.17) is 0 Å². The van der Waals surface area contributed by atoms with Crippen molar-refractivity contribution in [2.75, 3.05) is 10.6 Å². The minimum absolute atomic E-state index is 0.273. The lowest BCUT2D eigenvalue weighted by Crippen LogP contribution is -2.19. The Balaban J connectivity index is 1.46. The highest BCUT2D eigenvalue weighted by Crippen LogP contribution is 2.24. The van der Waals surface area contributed by atoms with Crippen LogP contribution in [0.1, 0.15) is 12.5 Å². The van der Waals surface area contributed by atoms with Crippen LogP contribution < -0.4 is 10.6 Å². The van der Waals surface area contributed by atoms with Gasteiger partial charge < -0.3 is 5.32 Å². The summed E-state index contributed by atoms with van der Waals surface area (Å²) in [4.78, 5) is 12.4. The van der Waals surface area contributed by atoms with Crippen molar-refractivity contribution >= 4 is 17.5 Å². The summed E-state index contributed by atoms with van der Waals surface area (Å²) in [6, 6.07) is 13.1. The van der Waals surface area contributed by atoms with Crippen LogP contribution in [-0.4, -0.2) is 36.4 Å². The first kappa shape index (κ1) is 19.2. The molecule has 0 aliphatic heterocycles. The number of nitrogens with zero attached hydrogens (tertiary/aromatic N) is 5. The molecule has 152 valence electrons. The summed E-state index contributed by atoms with van der Waals surface area (Å²) in [5.41, 5.74) is 3.12. The van der Waals surface area contributed by atoms with E-state index in [1.54, 1.807) is 41.1 Å². The van der Waals surface area contributed by atoms with E-state index in [2.05, 4.69) is 36.4 Å². The molecule has 2 heterocycles. The fraction of sp³-hybridized carbons (Fsp3) is 0.150. The van der Waals surface area contributed by atoms with Gasteiger partial charge in [-0.1, -0.05) is 23.8 Å². The van der Waals surface area contributed by atoms with Gasteiger partial charge >= 0.3 is 6.03 Å². The van der Waals surface area contributed by atoms with Crippen molar-refractivity contribution in [3.63, 3.8) is 0 Å². The number of tetrazole rings is 1. The van der Waals surface area contributed by atoms with E-state index in [9.17, 15) is 9.18 Å². The van der Waals surface area contributed by atoms with Crippen molar-refractivity contribution < 1.29 is 9.18 Å². The molecule has 0 aliphatic rings. The normalized spacial score (nSPS) is 10.8. The summed E-state index contributed by atoms with van der Waals surface area (Å²) in [6.45, 7) is 4.44. The van der Waals surface area contributed by atoms with Crippen molar-refractivity contribution in [3.05, 3.63) is 59.9 Å². The first-order chi connectivity index (χ1) is 14.5. The van der Waals surface area contributed by atoms with Gasteiger partial charge in [-0.15, -0.1) is 5.10 Å². The lowest BCUT2D eigenvalue weighted by Gasteiger charge is -2.07. The molecule has 9 nitrogen and oxygen atoms in total. The van der Waals surface area contributed by atoms with Crippen molar-refractivity contribution in [1.82, 2.24) is 30.4 Å². The number of aromatic nitrogens is 6. The van der Waals surface area contributed by atoms with Crippen LogP contribution >= 0.6 is 0 Å². The van der Waals surface area contributed by atoms with E-state index in [-0.39, 0.29) is 11.6 Å². The zero-order valence-electron chi connectivity index (χ0n) is 16.3. The molecule has 0 radical (unpaired) electrons. The highest BCUT2D eigenvalue weighted by atomic mass is 19.1. The fourth-order valence-electron chi connectivity index (χ4n) is 3.01. The monoisotopic (exact) mass is 406 g/mol. The number of carbonyl (C=O) groups is 1. The maximum absolute atomic E-state index is 14.1. The molecule has 0 saturated carbocycles. The summed E-state index contributed by atoms with van der Waals surface area (Å²) >= 11 is 0. The number of rotatable bonds is 5. The molecule has 0 aliphatic carbocycles. The van der Waals surface area contributed by atoms with E-state index >= 15 is 0 Å². The van der Waals surface area contributed by atoms with Gasteiger partial charge in [-0.25, -0.2) is 13.9 Å². The second kappa shape index (κ2) is 8.11. The van der Waals surface area contributed by atoms with Crippen molar-refractivity contribution in [1.29, 1.82) is 0 Å². The maximum atomic E-state index is 14.1. The molecule has 0 fully saturated rings. The summed E-state index contributed by atoms with van der Waals surface area (Å²) in [5, 5.41) is 23.8. The number of carbonyl (C=O) groups excluding carboxylic acids is 1. The average Bonchev–Trinajstić information content (AvgIpc) is 3.39. The zero-order valence-corrected chi connectivity index (χ0v) is 16.3. The van der Waals surface area contributed by atoms with Crippen LogP contribution in [-0.2, 0) is 6.54 Å². The van der Waals surface area contributed by atoms with Gasteiger partial charge in [0.15, 0.2) is 11.6 Å². The number of aryl methyl sites for hydroxylation is 2. The molecule has 0 unspecified atom stereocenters. The molecule has 4 rings (SSSR count). The van der Waals surface area contributed by atoms with Gasteiger partial charge in [0.1, 0.15) is 5.82 Å². The lowest BCUT2D eigenvalue weighted by atomic mass is 10.1. The maximum Gasteiger partial charge on any atom is 0.324 e. The van der Waals surface area contributed by atoms with Gasteiger partial charge in [0.05, 0.1) is 5.69 Å². The van der Waals surface area contributed by atoms with Crippen LogP contribution in [0.3, 0.4) is 0 Å². The number of nitrogens with one attached hydrogen (secondary N) is 3. The molecule has 3 N–H and O–H groups in total. The third kappa shape index (κ3) is 4.02. The molecular formula is C20H19FN8O. The van der Waals surface area contributed by atoms with Crippen LogP contribution in [0.5, 0.6) is 0 Å². The Labute approximate surface area is 171 Å². The number of aromatic amines is 1.